The second kappa shape index (κ2) is 6.27. The van der Waals surface area contributed by atoms with E-state index in [1.165, 1.54) is 22.7 Å². The maximum Gasteiger partial charge on any atom is 0.270 e. The second-order valence-corrected chi connectivity index (χ2v) is 7.02. The first-order valence-corrected chi connectivity index (χ1v) is 8.62. The number of thioether (sulfide) groups is 1. The van der Waals surface area contributed by atoms with Crippen molar-refractivity contribution in [2.75, 3.05) is 4.90 Å². The molecule has 1 amide bonds. The molecule has 0 saturated carbocycles. The van der Waals surface area contributed by atoms with Crippen LogP contribution in [0.3, 0.4) is 0 Å². The maximum atomic E-state index is 12.7. The summed E-state index contributed by atoms with van der Waals surface area (Å²) in [5.74, 6) is -0.122. The quantitative estimate of drug-likeness (QED) is 0.551. The molecule has 1 saturated heterocycles. The fourth-order valence-corrected chi connectivity index (χ4v) is 3.84. The van der Waals surface area contributed by atoms with Gasteiger partial charge in [-0.05, 0) is 35.9 Å². The van der Waals surface area contributed by atoms with Crippen LogP contribution in [0.4, 0.5) is 5.69 Å². The Kier molecular flexibility index (Phi) is 3.95. The van der Waals surface area contributed by atoms with E-state index < -0.39 is 0 Å². The number of aromatic nitrogens is 2. The van der Waals surface area contributed by atoms with Gasteiger partial charge in [0.2, 0.25) is 0 Å². The van der Waals surface area contributed by atoms with Crippen molar-refractivity contribution in [1.82, 2.24) is 9.97 Å². The highest BCUT2D eigenvalue weighted by molar-refractivity contribution is 8.27. The molecule has 25 heavy (non-hydrogen) atoms. The molecule has 7 heteroatoms. The minimum atomic E-state index is -0.208. The summed E-state index contributed by atoms with van der Waals surface area (Å²) in [7, 11) is 0. The molecule has 0 atom stereocenters. The van der Waals surface area contributed by atoms with E-state index in [-0.39, 0.29) is 11.7 Å². The summed E-state index contributed by atoms with van der Waals surface area (Å²) in [6, 6.07) is 12.1. The molecule has 1 fully saturated rings. The van der Waals surface area contributed by atoms with Crippen molar-refractivity contribution in [3.63, 3.8) is 0 Å². The summed E-state index contributed by atoms with van der Waals surface area (Å²) in [5.41, 5.74) is 2.96. The summed E-state index contributed by atoms with van der Waals surface area (Å²) in [5, 5.41) is 9.63. The number of phenols is 1. The lowest BCUT2D eigenvalue weighted by Crippen LogP contribution is -2.27. The Hall–Kier alpha value is -2.77. The minimum Gasteiger partial charge on any atom is -0.508 e. The Balaban J connectivity index is 1.69. The third kappa shape index (κ3) is 2.99. The summed E-state index contributed by atoms with van der Waals surface area (Å²) in [6.07, 6.45) is 5.06. The van der Waals surface area contributed by atoms with Crippen molar-refractivity contribution in [1.29, 1.82) is 0 Å². The number of hydrogen-bond donors (Lipinski definition) is 1. The van der Waals surface area contributed by atoms with Crippen LogP contribution in [0.1, 0.15) is 5.56 Å². The van der Waals surface area contributed by atoms with E-state index in [9.17, 15) is 9.90 Å². The minimum absolute atomic E-state index is 0.0867. The van der Waals surface area contributed by atoms with Gasteiger partial charge in [-0.25, -0.2) is 0 Å². The van der Waals surface area contributed by atoms with Gasteiger partial charge in [0.15, 0.2) is 4.32 Å². The van der Waals surface area contributed by atoms with Crippen molar-refractivity contribution >= 4 is 57.0 Å². The monoisotopic (exact) mass is 365 g/mol. The van der Waals surface area contributed by atoms with E-state index in [2.05, 4.69) is 9.97 Å². The zero-order valence-electron chi connectivity index (χ0n) is 12.8. The van der Waals surface area contributed by atoms with Crippen molar-refractivity contribution in [3.05, 3.63) is 65.3 Å². The van der Waals surface area contributed by atoms with Crippen LogP contribution in [0.5, 0.6) is 5.75 Å². The van der Waals surface area contributed by atoms with Crippen molar-refractivity contribution in [2.24, 2.45) is 0 Å². The van der Waals surface area contributed by atoms with Crippen molar-refractivity contribution in [2.45, 2.75) is 0 Å². The molecule has 1 aliphatic heterocycles. The Labute approximate surface area is 153 Å². The first-order valence-electron chi connectivity index (χ1n) is 7.39. The summed E-state index contributed by atoms with van der Waals surface area (Å²) in [6.45, 7) is 0. The average Bonchev–Trinajstić information content (AvgIpc) is 2.88. The van der Waals surface area contributed by atoms with E-state index >= 15 is 0 Å². The summed E-state index contributed by atoms with van der Waals surface area (Å²) >= 11 is 6.57. The fourth-order valence-electron chi connectivity index (χ4n) is 2.54. The third-order valence-electron chi connectivity index (χ3n) is 3.67. The van der Waals surface area contributed by atoms with E-state index in [0.717, 1.165) is 16.6 Å². The first kappa shape index (κ1) is 15.7. The molecular weight excluding hydrogens is 354 g/mol. The largest absolute Gasteiger partial charge is 0.508 e. The fraction of sp³-hybridized carbons (Fsp3) is 0. The molecule has 0 radical (unpaired) electrons. The number of hydrogen-bond acceptors (Lipinski definition) is 6. The highest BCUT2D eigenvalue weighted by atomic mass is 32.2. The van der Waals surface area contributed by atoms with Crippen molar-refractivity contribution < 1.29 is 9.90 Å². The molecule has 1 aromatic heterocycles. The van der Waals surface area contributed by atoms with Gasteiger partial charge in [0.25, 0.3) is 5.91 Å². The molecule has 1 aliphatic rings. The summed E-state index contributed by atoms with van der Waals surface area (Å²) in [4.78, 5) is 23.2. The average molecular weight is 365 g/mol. The van der Waals surface area contributed by atoms with Crippen LogP contribution in [0, 0.1) is 0 Å². The Morgan fingerprint density at radius 2 is 1.88 bits per heavy atom. The van der Waals surface area contributed by atoms with Gasteiger partial charge in [-0.1, -0.05) is 36.1 Å². The number of amides is 1. The van der Waals surface area contributed by atoms with E-state index in [1.54, 1.807) is 36.7 Å². The molecular formula is C18H11N3O2S2. The normalized spacial score (nSPS) is 16.2. The first-order chi connectivity index (χ1) is 12.1. The molecule has 2 aromatic carbocycles. The van der Waals surface area contributed by atoms with Gasteiger partial charge in [0, 0.05) is 18.5 Å². The summed E-state index contributed by atoms with van der Waals surface area (Å²) < 4.78 is 0.433. The van der Waals surface area contributed by atoms with Gasteiger partial charge < -0.3 is 5.11 Å². The van der Waals surface area contributed by atoms with Crippen molar-refractivity contribution in [3.8, 4) is 5.75 Å². The number of rotatable bonds is 2. The molecule has 0 spiro atoms. The molecule has 122 valence electrons. The number of fused-ring (bicyclic) bond motifs is 1. The second-order valence-electron chi connectivity index (χ2n) is 5.34. The van der Waals surface area contributed by atoms with Gasteiger partial charge in [0.1, 0.15) is 5.75 Å². The molecule has 1 N–H and O–H groups in total. The van der Waals surface area contributed by atoms with E-state index in [0.29, 0.717) is 14.9 Å². The number of benzene rings is 2. The Morgan fingerprint density at radius 3 is 2.68 bits per heavy atom. The van der Waals surface area contributed by atoms with Crippen LogP contribution in [-0.4, -0.2) is 25.3 Å². The van der Waals surface area contributed by atoms with Crippen LogP contribution >= 0.6 is 24.0 Å². The number of thiocarbonyl (C=S) groups is 1. The van der Waals surface area contributed by atoms with Crippen LogP contribution in [0.2, 0.25) is 0 Å². The number of nitrogens with zero attached hydrogens (tertiary/aromatic N) is 3. The smallest absolute Gasteiger partial charge is 0.270 e. The molecule has 0 bridgehead atoms. The predicted octanol–water partition coefficient (Wildman–Crippen LogP) is 3.74. The van der Waals surface area contributed by atoms with E-state index in [4.69, 9.17) is 12.2 Å². The Bertz CT molecular complexity index is 1050. The number of aromatic hydroxyl groups is 1. The highest BCUT2D eigenvalue weighted by Crippen LogP contribution is 2.36. The van der Waals surface area contributed by atoms with Gasteiger partial charge >= 0.3 is 0 Å². The van der Waals surface area contributed by atoms with E-state index in [1.807, 2.05) is 18.2 Å². The number of phenolic OH excluding ortho intramolecular Hbond substituents is 1. The molecule has 2 heterocycles. The topological polar surface area (TPSA) is 66.3 Å². The highest BCUT2D eigenvalue weighted by Gasteiger charge is 2.33. The SMILES string of the molecule is O=C1/C(=C\c2ccc3nccnc3c2)SC(=S)N1c1cccc(O)c1. The Morgan fingerprint density at radius 1 is 1.08 bits per heavy atom. The lowest BCUT2D eigenvalue weighted by atomic mass is 10.1. The zero-order chi connectivity index (χ0) is 17.4. The molecule has 3 aromatic rings. The standard InChI is InChI=1S/C18H11N3O2S2/c22-13-3-1-2-12(10-13)21-17(23)16(25-18(21)24)9-11-4-5-14-15(8-11)20-7-6-19-14/h1-10,22H/b16-9+. The predicted molar refractivity (Wildman–Crippen MR) is 103 cm³/mol. The number of anilines is 1. The van der Waals surface area contributed by atoms with Gasteiger partial charge in [-0.3, -0.25) is 19.7 Å². The number of carbonyl (C=O) groups excluding carboxylic acids is 1. The van der Waals surface area contributed by atoms with Gasteiger partial charge in [-0.2, -0.15) is 0 Å². The third-order valence-corrected chi connectivity index (χ3v) is 4.97. The lowest BCUT2D eigenvalue weighted by molar-refractivity contribution is -0.113. The molecule has 5 nitrogen and oxygen atoms in total. The lowest BCUT2D eigenvalue weighted by Gasteiger charge is -2.14. The van der Waals surface area contributed by atoms with Gasteiger partial charge in [-0.15, -0.1) is 0 Å². The van der Waals surface area contributed by atoms with Gasteiger partial charge in [0.05, 0.1) is 21.6 Å². The molecule has 0 aliphatic carbocycles. The zero-order valence-corrected chi connectivity index (χ0v) is 14.4. The van der Waals surface area contributed by atoms with Crippen LogP contribution in [-0.2, 0) is 4.79 Å². The van der Waals surface area contributed by atoms with Crippen LogP contribution in [0.25, 0.3) is 17.1 Å². The van der Waals surface area contributed by atoms with Crippen LogP contribution in [0.15, 0.2) is 59.8 Å². The van der Waals surface area contributed by atoms with Crippen LogP contribution < -0.4 is 4.90 Å². The molecule has 4 rings (SSSR count). The molecule has 0 unspecified atom stereocenters. The number of carbonyl (C=O) groups is 1. The maximum absolute atomic E-state index is 12.7.